The average Bonchev–Trinajstić information content (AvgIpc) is 2.89. The predicted octanol–water partition coefficient (Wildman–Crippen LogP) is 6.24. The first kappa shape index (κ1) is 22.8. The highest BCUT2D eigenvalue weighted by Gasteiger charge is 2.37. The number of carbonyl (C=O) groups excluding carboxylic acids is 4. The van der Waals surface area contributed by atoms with Crippen molar-refractivity contribution in [2.45, 2.75) is 27.7 Å². The van der Waals surface area contributed by atoms with Gasteiger partial charge in [0.15, 0.2) is 0 Å². The number of fused-ring (bicyclic) bond motifs is 2. The summed E-state index contributed by atoms with van der Waals surface area (Å²) in [4.78, 5) is 56.5. The van der Waals surface area contributed by atoms with E-state index in [0.29, 0.717) is 46.1 Å². The Morgan fingerprint density at radius 3 is 0.947 bits per heavy atom. The lowest BCUT2D eigenvalue weighted by Crippen LogP contribution is -2.42. The first-order valence-corrected chi connectivity index (χ1v) is 13.1. The SMILES string of the molecule is CC(C)CN1C(=O)c2ccc3c4ccc5c6c(ccc(c7ccc(c2c37)C1=O)c64)C(=O)N(CC(C)C)C5=O. The van der Waals surface area contributed by atoms with Crippen LogP contribution >= 0.6 is 0 Å². The first-order chi connectivity index (χ1) is 18.2. The van der Waals surface area contributed by atoms with Crippen molar-refractivity contribution in [1.29, 1.82) is 0 Å². The van der Waals surface area contributed by atoms with Gasteiger partial charge in [-0.15, -0.1) is 0 Å². The summed E-state index contributed by atoms with van der Waals surface area (Å²) in [5.74, 6) is -0.749. The van der Waals surface area contributed by atoms with Crippen LogP contribution in [0.2, 0.25) is 0 Å². The van der Waals surface area contributed by atoms with Crippen LogP contribution in [0.5, 0.6) is 0 Å². The zero-order valence-corrected chi connectivity index (χ0v) is 21.7. The third-order valence-electron chi connectivity index (χ3n) is 7.90. The highest BCUT2D eigenvalue weighted by Crippen LogP contribution is 2.46. The third kappa shape index (κ3) is 2.77. The van der Waals surface area contributed by atoms with Crippen LogP contribution in [0, 0.1) is 11.8 Å². The van der Waals surface area contributed by atoms with Gasteiger partial charge in [-0.1, -0.05) is 52.0 Å². The largest absolute Gasteiger partial charge is 0.274 e. The highest BCUT2D eigenvalue weighted by atomic mass is 16.2. The first-order valence-electron chi connectivity index (χ1n) is 13.1. The second-order valence-electron chi connectivity index (χ2n) is 11.4. The van der Waals surface area contributed by atoms with Crippen LogP contribution in [0.15, 0.2) is 48.5 Å². The smallest absolute Gasteiger partial charge is 0.261 e. The summed E-state index contributed by atoms with van der Waals surface area (Å²) in [6.45, 7) is 8.69. The molecule has 6 heteroatoms. The monoisotopic (exact) mass is 502 g/mol. The molecule has 0 fully saturated rings. The molecule has 0 bridgehead atoms. The van der Waals surface area contributed by atoms with E-state index in [0.717, 1.165) is 32.3 Å². The molecule has 0 saturated carbocycles. The van der Waals surface area contributed by atoms with Gasteiger partial charge in [0.05, 0.1) is 0 Å². The van der Waals surface area contributed by atoms with Crippen molar-refractivity contribution >= 4 is 66.7 Å². The van der Waals surface area contributed by atoms with Crippen LogP contribution in [0.4, 0.5) is 0 Å². The van der Waals surface area contributed by atoms with E-state index in [1.54, 1.807) is 0 Å². The topological polar surface area (TPSA) is 74.8 Å². The molecule has 188 valence electrons. The van der Waals surface area contributed by atoms with E-state index in [2.05, 4.69) is 0 Å². The van der Waals surface area contributed by atoms with Gasteiger partial charge in [0.25, 0.3) is 23.6 Å². The molecule has 5 aromatic rings. The minimum Gasteiger partial charge on any atom is -0.274 e. The minimum atomic E-state index is -0.266. The lowest BCUT2D eigenvalue weighted by molar-refractivity contribution is 0.0577. The summed E-state index contributed by atoms with van der Waals surface area (Å²) in [6, 6.07) is 15.0. The Morgan fingerprint density at radius 1 is 0.447 bits per heavy atom. The number of rotatable bonds is 4. The van der Waals surface area contributed by atoms with Crippen molar-refractivity contribution in [3.05, 3.63) is 70.8 Å². The molecule has 0 aliphatic carbocycles. The van der Waals surface area contributed by atoms with Crippen LogP contribution in [0.3, 0.4) is 0 Å². The van der Waals surface area contributed by atoms with Crippen molar-refractivity contribution < 1.29 is 19.2 Å². The molecule has 7 rings (SSSR count). The lowest BCUT2D eigenvalue weighted by Gasteiger charge is -2.31. The van der Waals surface area contributed by atoms with Crippen LogP contribution in [-0.2, 0) is 0 Å². The predicted molar refractivity (Wildman–Crippen MR) is 148 cm³/mol. The number of hydrogen-bond donors (Lipinski definition) is 0. The Balaban J connectivity index is 1.57. The van der Waals surface area contributed by atoms with Gasteiger partial charge in [0.1, 0.15) is 0 Å². The zero-order chi connectivity index (χ0) is 26.6. The maximum atomic E-state index is 13.5. The maximum Gasteiger partial charge on any atom is 0.261 e. The number of hydrogen-bond acceptors (Lipinski definition) is 4. The van der Waals surface area contributed by atoms with E-state index in [1.165, 1.54) is 9.80 Å². The normalized spacial score (nSPS) is 15.6. The van der Waals surface area contributed by atoms with Crippen LogP contribution in [0.25, 0.3) is 43.1 Å². The van der Waals surface area contributed by atoms with E-state index >= 15 is 0 Å². The summed E-state index contributed by atoms with van der Waals surface area (Å²) in [5, 5.41) is 6.72. The molecule has 0 unspecified atom stereocenters. The quantitative estimate of drug-likeness (QED) is 0.166. The maximum absolute atomic E-state index is 13.5. The molecule has 2 aliphatic rings. The molecule has 0 saturated heterocycles. The summed E-state index contributed by atoms with van der Waals surface area (Å²) in [7, 11) is 0. The van der Waals surface area contributed by atoms with Gasteiger partial charge in [0, 0.05) is 46.1 Å². The fraction of sp³-hybridized carbons (Fsp3) is 0.250. The Bertz CT molecular complexity index is 1660. The third-order valence-corrected chi connectivity index (χ3v) is 7.90. The molecule has 2 heterocycles. The van der Waals surface area contributed by atoms with Crippen LogP contribution in [0.1, 0.15) is 69.1 Å². The second kappa shape index (κ2) is 7.60. The number of imide groups is 2. The molecule has 0 spiro atoms. The molecule has 4 amide bonds. The van der Waals surface area contributed by atoms with E-state index in [1.807, 2.05) is 76.2 Å². The molecule has 0 atom stereocenters. The molecule has 2 aliphatic heterocycles. The number of benzene rings is 5. The van der Waals surface area contributed by atoms with Gasteiger partial charge in [-0.05, 0) is 68.4 Å². The van der Waals surface area contributed by atoms with Gasteiger partial charge in [-0.2, -0.15) is 0 Å². The van der Waals surface area contributed by atoms with Crippen molar-refractivity contribution in [2.75, 3.05) is 13.1 Å². The average molecular weight is 503 g/mol. The minimum absolute atomic E-state index is 0.158. The summed E-state index contributed by atoms with van der Waals surface area (Å²) in [6.07, 6.45) is 0. The summed E-state index contributed by atoms with van der Waals surface area (Å²) < 4.78 is 0. The van der Waals surface area contributed by atoms with Crippen LogP contribution < -0.4 is 0 Å². The zero-order valence-electron chi connectivity index (χ0n) is 21.7. The van der Waals surface area contributed by atoms with Crippen molar-refractivity contribution in [3.63, 3.8) is 0 Å². The van der Waals surface area contributed by atoms with Gasteiger partial charge < -0.3 is 0 Å². The Kier molecular flexibility index (Phi) is 4.57. The van der Waals surface area contributed by atoms with Gasteiger partial charge in [-0.3, -0.25) is 29.0 Å². The molecular weight excluding hydrogens is 476 g/mol. The molecule has 0 radical (unpaired) electrons. The van der Waals surface area contributed by atoms with Gasteiger partial charge in [-0.25, -0.2) is 0 Å². The molecule has 6 nitrogen and oxygen atoms in total. The number of amides is 4. The Hall–Kier alpha value is -4.32. The summed E-state index contributed by atoms with van der Waals surface area (Å²) >= 11 is 0. The van der Waals surface area contributed by atoms with Gasteiger partial charge >= 0.3 is 0 Å². The number of nitrogens with zero attached hydrogens (tertiary/aromatic N) is 2. The van der Waals surface area contributed by atoms with Crippen molar-refractivity contribution in [3.8, 4) is 0 Å². The van der Waals surface area contributed by atoms with E-state index < -0.39 is 0 Å². The summed E-state index contributed by atoms with van der Waals surface area (Å²) in [5.41, 5.74) is 2.13. The molecule has 0 aromatic heterocycles. The Morgan fingerprint density at radius 2 is 0.711 bits per heavy atom. The van der Waals surface area contributed by atoms with E-state index in [-0.39, 0.29) is 35.5 Å². The second-order valence-corrected chi connectivity index (χ2v) is 11.4. The fourth-order valence-corrected chi connectivity index (χ4v) is 6.43. The van der Waals surface area contributed by atoms with Crippen molar-refractivity contribution in [1.82, 2.24) is 9.80 Å². The molecular formula is C32H26N2O4. The van der Waals surface area contributed by atoms with E-state index in [4.69, 9.17) is 0 Å². The standard InChI is InChI=1S/C32H26N2O4/c1-15(2)13-33-29(35)21-9-5-17-19-7-11-23-28-24(32(38)34(31(23)37)14-16(3)4)12-8-20(26(19)28)18-6-10-22(30(33)36)27(21)25(17)18/h5-12,15-16H,13-14H2,1-4H3. The van der Waals surface area contributed by atoms with Crippen molar-refractivity contribution in [2.24, 2.45) is 11.8 Å². The Labute approximate surface area is 219 Å². The molecule has 5 aromatic carbocycles. The number of carbonyl (C=O) groups is 4. The molecule has 38 heavy (non-hydrogen) atoms. The van der Waals surface area contributed by atoms with Crippen LogP contribution in [-0.4, -0.2) is 46.5 Å². The van der Waals surface area contributed by atoms with E-state index in [9.17, 15) is 19.2 Å². The highest BCUT2D eigenvalue weighted by molar-refractivity contribution is 6.41. The molecule has 0 N–H and O–H groups in total. The lowest BCUT2D eigenvalue weighted by atomic mass is 9.82. The van der Waals surface area contributed by atoms with Gasteiger partial charge in [0.2, 0.25) is 0 Å². The fourth-order valence-electron chi connectivity index (χ4n) is 6.43.